The molecule has 0 aliphatic heterocycles. The standard InChI is InChI=1S/C16H24FN/c1-11(2)9-18-10-14-8-16(14,4)13-6-5-12(3)15(17)7-13/h5-7,11,14,18H,8-10H2,1-4H3. The zero-order valence-corrected chi connectivity index (χ0v) is 11.9. The van der Waals surface area contributed by atoms with E-state index < -0.39 is 0 Å². The average molecular weight is 249 g/mol. The molecule has 2 atom stereocenters. The Labute approximate surface area is 110 Å². The lowest BCUT2D eigenvalue weighted by atomic mass is 9.94. The molecule has 0 amide bonds. The number of hydrogen-bond donors (Lipinski definition) is 1. The van der Waals surface area contributed by atoms with E-state index >= 15 is 0 Å². The first-order valence-corrected chi connectivity index (χ1v) is 6.91. The van der Waals surface area contributed by atoms with Gasteiger partial charge in [0.15, 0.2) is 0 Å². The van der Waals surface area contributed by atoms with Crippen LogP contribution in [0.1, 0.15) is 38.3 Å². The SMILES string of the molecule is Cc1ccc(C2(C)CC2CNCC(C)C)cc1F. The van der Waals surface area contributed by atoms with Gasteiger partial charge < -0.3 is 5.32 Å². The summed E-state index contributed by atoms with van der Waals surface area (Å²) in [6.07, 6.45) is 1.17. The predicted octanol–water partition coefficient (Wildman–Crippen LogP) is 3.66. The third-order valence-electron chi connectivity index (χ3n) is 4.19. The Kier molecular flexibility index (Phi) is 3.76. The fourth-order valence-corrected chi connectivity index (χ4v) is 2.60. The maximum absolute atomic E-state index is 13.6. The van der Waals surface area contributed by atoms with Crippen molar-refractivity contribution in [3.05, 3.63) is 35.1 Å². The fourth-order valence-electron chi connectivity index (χ4n) is 2.60. The molecule has 1 aliphatic rings. The first-order chi connectivity index (χ1) is 8.43. The van der Waals surface area contributed by atoms with Crippen molar-refractivity contribution >= 4 is 0 Å². The van der Waals surface area contributed by atoms with E-state index in [2.05, 4.69) is 32.2 Å². The van der Waals surface area contributed by atoms with Gasteiger partial charge in [-0.15, -0.1) is 0 Å². The summed E-state index contributed by atoms with van der Waals surface area (Å²) in [5.41, 5.74) is 2.07. The number of halogens is 1. The van der Waals surface area contributed by atoms with Crippen LogP contribution in [0.25, 0.3) is 0 Å². The number of nitrogens with one attached hydrogen (secondary N) is 1. The molecule has 100 valence electrons. The summed E-state index contributed by atoms with van der Waals surface area (Å²) in [6.45, 7) is 10.6. The van der Waals surface area contributed by atoms with E-state index in [9.17, 15) is 4.39 Å². The molecule has 0 aromatic heterocycles. The highest BCUT2D eigenvalue weighted by Crippen LogP contribution is 2.53. The molecule has 0 radical (unpaired) electrons. The minimum atomic E-state index is -0.0745. The van der Waals surface area contributed by atoms with Crippen molar-refractivity contribution in [2.45, 2.75) is 39.5 Å². The predicted molar refractivity (Wildman–Crippen MR) is 74.3 cm³/mol. The largest absolute Gasteiger partial charge is 0.316 e. The van der Waals surface area contributed by atoms with E-state index in [4.69, 9.17) is 0 Å². The number of rotatable bonds is 5. The van der Waals surface area contributed by atoms with Crippen molar-refractivity contribution in [3.63, 3.8) is 0 Å². The van der Waals surface area contributed by atoms with Gasteiger partial charge >= 0.3 is 0 Å². The molecule has 0 heterocycles. The third kappa shape index (κ3) is 2.74. The molecule has 1 saturated carbocycles. The average Bonchev–Trinajstić information content (AvgIpc) is 2.94. The Morgan fingerprint density at radius 3 is 2.78 bits per heavy atom. The number of hydrogen-bond acceptors (Lipinski definition) is 1. The second kappa shape index (κ2) is 5.00. The Morgan fingerprint density at radius 1 is 1.44 bits per heavy atom. The topological polar surface area (TPSA) is 12.0 Å². The van der Waals surface area contributed by atoms with Gasteiger partial charge in [-0.1, -0.05) is 32.9 Å². The van der Waals surface area contributed by atoms with Crippen LogP contribution >= 0.6 is 0 Å². The molecule has 1 fully saturated rings. The quantitative estimate of drug-likeness (QED) is 0.839. The zero-order chi connectivity index (χ0) is 13.3. The fraction of sp³-hybridized carbons (Fsp3) is 0.625. The van der Waals surface area contributed by atoms with Crippen LogP contribution in [-0.2, 0) is 5.41 Å². The monoisotopic (exact) mass is 249 g/mol. The lowest BCUT2D eigenvalue weighted by Crippen LogP contribution is -2.24. The molecule has 0 bridgehead atoms. The van der Waals surface area contributed by atoms with Gasteiger partial charge in [0.25, 0.3) is 0 Å². The third-order valence-corrected chi connectivity index (χ3v) is 4.19. The van der Waals surface area contributed by atoms with E-state index in [1.807, 2.05) is 13.0 Å². The van der Waals surface area contributed by atoms with E-state index in [1.165, 1.54) is 6.42 Å². The van der Waals surface area contributed by atoms with Crippen LogP contribution in [0, 0.1) is 24.6 Å². The van der Waals surface area contributed by atoms with Crippen LogP contribution in [0.4, 0.5) is 4.39 Å². The van der Waals surface area contributed by atoms with E-state index in [0.717, 1.165) is 24.2 Å². The number of benzene rings is 1. The number of aryl methyl sites for hydroxylation is 1. The maximum atomic E-state index is 13.6. The molecule has 2 unspecified atom stereocenters. The lowest BCUT2D eigenvalue weighted by molar-refractivity contribution is 0.514. The molecular weight excluding hydrogens is 225 g/mol. The molecule has 1 nitrogen and oxygen atoms in total. The van der Waals surface area contributed by atoms with Gasteiger partial charge in [-0.2, -0.15) is 0 Å². The second-order valence-electron chi connectivity index (χ2n) is 6.33. The lowest BCUT2D eigenvalue weighted by Gasteiger charge is -2.14. The van der Waals surface area contributed by atoms with Crippen molar-refractivity contribution in [3.8, 4) is 0 Å². The van der Waals surface area contributed by atoms with Gasteiger partial charge in [0.2, 0.25) is 0 Å². The van der Waals surface area contributed by atoms with Gasteiger partial charge in [0, 0.05) is 0 Å². The highest BCUT2D eigenvalue weighted by Gasteiger charge is 2.50. The Balaban J connectivity index is 1.95. The van der Waals surface area contributed by atoms with E-state index in [0.29, 0.717) is 11.8 Å². The molecule has 1 aliphatic carbocycles. The summed E-state index contributed by atoms with van der Waals surface area (Å²) in [6, 6.07) is 5.70. The highest BCUT2D eigenvalue weighted by molar-refractivity contribution is 5.35. The van der Waals surface area contributed by atoms with Gasteiger partial charge in [-0.05, 0) is 60.9 Å². The summed E-state index contributed by atoms with van der Waals surface area (Å²) in [7, 11) is 0. The highest BCUT2D eigenvalue weighted by atomic mass is 19.1. The first-order valence-electron chi connectivity index (χ1n) is 6.91. The van der Waals surface area contributed by atoms with Crippen LogP contribution in [0.15, 0.2) is 18.2 Å². The van der Waals surface area contributed by atoms with Crippen LogP contribution in [0.2, 0.25) is 0 Å². The maximum Gasteiger partial charge on any atom is 0.126 e. The molecule has 1 N–H and O–H groups in total. The minimum Gasteiger partial charge on any atom is -0.316 e. The molecule has 1 aromatic rings. The van der Waals surface area contributed by atoms with Crippen molar-refractivity contribution in [2.24, 2.45) is 11.8 Å². The van der Waals surface area contributed by atoms with Crippen LogP contribution in [-0.4, -0.2) is 13.1 Å². The van der Waals surface area contributed by atoms with Crippen molar-refractivity contribution in [1.29, 1.82) is 0 Å². The van der Waals surface area contributed by atoms with Gasteiger partial charge in [-0.25, -0.2) is 4.39 Å². The van der Waals surface area contributed by atoms with Crippen molar-refractivity contribution in [1.82, 2.24) is 5.32 Å². The molecule has 0 saturated heterocycles. The van der Waals surface area contributed by atoms with Gasteiger partial charge in [0.1, 0.15) is 5.82 Å². The summed E-state index contributed by atoms with van der Waals surface area (Å²) in [5.74, 6) is 1.26. The van der Waals surface area contributed by atoms with Gasteiger partial charge in [-0.3, -0.25) is 0 Å². The summed E-state index contributed by atoms with van der Waals surface area (Å²) in [5, 5.41) is 3.50. The van der Waals surface area contributed by atoms with Crippen LogP contribution < -0.4 is 5.32 Å². The zero-order valence-electron chi connectivity index (χ0n) is 11.9. The van der Waals surface area contributed by atoms with Gasteiger partial charge in [0.05, 0.1) is 0 Å². The Hall–Kier alpha value is -0.890. The molecule has 0 spiro atoms. The molecule has 2 heteroatoms. The summed E-state index contributed by atoms with van der Waals surface area (Å²) in [4.78, 5) is 0. The molecular formula is C16H24FN. The normalized spacial score (nSPS) is 26.7. The summed E-state index contributed by atoms with van der Waals surface area (Å²) >= 11 is 0. The van der Waals surface area contributed by atoms with E-state index in [-0.39, 0.29) is 11.2 Å². The second-order valence-corrected chi connectivity index (χ2v) is 6.33. The van der Waals surface area contributed by atoms with Crippen molar-refractivity contribution < 1.29 is 4.39 Å². The molecule has 2 rings (SSSR count). The Bertz CT molecular complexity index is 427. The first kappa shape index (κ1) is 13.5. The summed E-state index contributed by atoms with van der Waals surface area (Å²) < 4.78 is 13.6. The minimum absolute atomic E-state index is 0.0745. The Morgan fingerprint density at radius 2 is 2.17 bits per heavy atom. The van der Waals surface area contributed by atoms with Crippen LogP contribution in [0.5, 0.6) is 0 Å². The van der Waals surface area contributed by atoms with E-state index in [1.54, 1.807) is 6.07 Å². The molecule has 18 heavy (non-hydrogen) atoms. The smallest absolute Gasteiger partial charge is 0.126 e. The van der Waals surface area contributed by atoms with Crippen LogP contribution in [0.3, 0.4) is 0 Å². The molecule has 1 aromatic carbocycles. The van der Waals surface area contributed by atoms with Crippen molar-refractivity contribution in [2.75, 3.05) is 13.1 Å².